The molecule has 0 saturated carbocycles. The summed E-state index contributed by atoms with van der Waals surface area (Å²) in [5.74, 6) is 0.493. The number of morpholine rings is 1. The topological polar surface area (TPSA) is 96.0 Å². The van der Waals surface area contributed by atoms with Crippen LogP contribution in [0.1, 0.15) is 10.5 Å². The number of H-pyrrole nitrogens is 1. The molecule has 0 unspecified atom stereocenters. The van der Waals surface area contributed by atoms with Gasteiger partial charge in [0.25, 0.3) is 5.91 Å². The molecule has 0 spiro atoms. The second-order valence-electron chi connectivity index (χ2n) is 7.02. The zero-order valence-corrected chi connectivity index (χ0v) is 16.2. The molecular weight excluding hydrogens is 380 g/mol. The van der Waals surface area contributed by atoms with Crippen LogP contribution in [0.25, 0.3) is 22.2 Å². The van der Waals surface area contributed by atoms with Gasteiger partial charge in [-0.05, 0) is 42.5 Å². The Morgan fingerprint density at radius 3 is 2.83 bits per heavy atom. The summed E-state index contributed by atoms with van der Waals surface area (Å²) in [5.41, 5.74) is 4.05. The molecule has 30 heavy (non-hydrogen) atoms. The van der Waals surface area contributed by atoms with Crippen LogP contribution in [0.3, 0.4) is 0 Å². The van der Waals surface area contributed by atoms with Gasteiger partial charge in [-0.3, -0.25) is 9.78 Å². The first-order valence-corrected chi connectivity index (χ1v) is 9.76. The third-order valence-electron chi connectivity index (χ3n) is 5.02. The van der Waals surface area contributed by atoms with E-state index in [1.54, 1.807) is 18.6 Å². The van der Waals surface area contributed by atoms with Crippen molar-refractivity contribution < 1.29 is 9.53 Å². The fraction of sp³-hybridized carbons (Fsp3) is 0.182. The Bertz CT molecular complexity index is 1180. The Hall–Kier alpha value is -3.78. The number of ether oxygens (including phenoxy) is 1. The maximum absolute atomic E-state index is 12.7. The van der Waals surface area contributed by atoms with E-state index in [0.717, 1.165) is 27.8 Å². The molecule has 4 aromatic rings. The summed E-state index contributed by atoms with van der Waals surface area (Å²) in [6, 6.07) is 13.4. The number of nitrogens with one attached hydrogen (secondary N) is 2. The molecule has 1 aromatic carbocycles. The monoisotopic (exact) mass is 400 g/mol. The Morgan fingerprint density at radius 1 is 1.10 bits per heavy atom. The average molecular weight is 400 g/mol. The van der Waals surface area contributed by atoms with Crippen molar-refractivity contribution in [3.05, 3.63) is 66.7 Å². The Labute approximate surface area is 172 Å². The number of nitrogens with zero attached hydrogens (tertiary/aromatic N) is 4. The number of fused-ring (bicyclic) bond motifs is 1. The molecule has 1 amide bonds. The van der Waals surface area contributed by atoms with Gasteiger partial charge in [0.05, 0.1) is 18.9 Å². The molecule has 0 bridgehead atoms. The minimum absolute atomic E-state index is 0.00323. The second-order valence-corrected chi connectivity index (χ2v) is 7.02. The lowest BCUT2D eigenvalue weighted by Crippen LogP contribution is -2.40. The van der Waals surface area contributed by atoms with Crippen molar-refractivity contribution >= 4 is 28.4 Å². The van der Waals surface area contributed by atoms with E-state index in [-0.39, 0.29) is 5.91 Å². The number of aromatic amines is 1. The maximum Gasteiger partial charge on any atom is 0.270 e. The first kappa shape index (κ1) is 18.3. The second kappa shape index (κ2) is 7.92. The number of hydrogen-bond acceptors (Lipinski definition) is 6. The lowest BCUT2D eigenvalue weighted by Gasteiger charge is -2.26. The summed E-state index contributed by atoms with van der Waals surface area (Å²) in [4.78, 5) is 30.8. The van der Waals surface area contributed by atoms with Gasteiger partial charge in [-0.2, -0.15) is 0 Å². The third kappa shape index (κ3) is 3.72. The highest BCUT2D eigenvalue weighted by atomic mass is 16.5. The van der Waals surface area contributed by atoms with Crippen LogP contribution >= 0.6 is 0 Å². The van der Waals surface area contributed by atoms with Crippen molar-refractivity contribution in [2.45, 2.75) is 0 Å². The van der Waals surface area contributed by atoms with Crippen LogP contribution in [0, 0.1) is 0 Å². The number of carbonyl (C=O) groups is 1. The third-order valence-corrected chi connectivity index (χ3v) is 5.02. The molecule has 1 aliphatic rings. The van der Waals surface area contributed by atoms with E-state index >= 15 is 0 Å². The normalized spacial score (nSPS) is 14.1. The molecule has 4 heterocycles. The highest BCUT2D eigenvalue weighted by Gasteiger charge is 2.20. The molecule has 8 nitrogen and oxygen atoms in total. The highest BCUT2D eigenvalue weighted by molar-refractivity contribution is 5.98. The molecule has 0 atom stereocenters. The molecule has 0 radical (unpaired) electrons. The lowest BCUT2D eigenvalue weighted by atomic mass is 10.2. The number of rotatable bonds is 4. The molecule has 8 heteroatoms. The molecule has 2 N–H and O–H groups in total. The lowest BCUT2D eigenvalue weighted by molar-refractivity contribution is 0.0299. The van der Waals surface area contributed by atoms with Gasteiger partial charge in [0, 0.05) is 53.8 Å². The Balaban J connectivity index is 1.37. The smallest absolute Gasteiger partial charge is 0.270 e. The molecule has 1 saturated heterocycles. The van der Waals surface area contributed by atoms with Gasteiger partial charge < -0.3 is 19.9 Å². The van der Waals surface area contributed by atoms with Crippen molar-refractivity contribution in [1.29, 1.82) is 0 Å². The summed E-state index contributed by atoms with van der Waals surface area (Å²) in [6.07, 6.45) is 5.21. The van der Waals surface area contributed by atoms with Crippen molar-refractivity contribution in [2.24, 2.45) is 0 Å². The minimum atomic E-state index is -0.00323. The molecule has 1 aliphatic heterocycles. The zero-order chi connectivity index (χ0) is 20.3. The van der Waals surface area contributed by atoms with Crippen molar-refractivity contribution in [3.8, 4) is 11.3 Å². The van der Waals surface area contributed by atoms with E-state index in [1.165, 1.54) is 0 Å². The van der Waals surface area contributed by atoms with Crippen LogP contribution < -0.4 is 5.32 Å². The molecule has 0 aliphatic carbocycles. The maximum atomic E-state index is 12.7. The molecular formula is C22H20N6O2. The van der Waals surface area contributed by atoms with E-state index in [1.807, 2.05) is 47.4 Å². The van der Waals surface area contributed by atoms with Gasteiger partial charge in [0.1, 0.15) is 5.69 Å². The fourth-order valence-corrected chi connectivity index (χ4v) is 3.49. The number of benzene rings is 1. The molecule has 5 rings (SSSR count). The quantitative estimate of drug-likeness (QED) is 0.546. The zero-order valence-electron chi connectivity index (χ0n) is 16.2. The molecule has 150 valence electrons. The fourth-order valence-electron chi connectivity index (χ4n) is 3.49. The summed E-state index contributed by atoms with van der Waals surface area (Å²) in [6.45, 7) is 2.40. The van der Waals surface area contributed by atoms with Crippen LogP contribution in [0.4, 0.5) is 11.6 Å². The van der Waals surface area contributed by atoms with Crippen LogP contribution in [0.5, 0.6) is 0 Å². The van der Waals surface area contributed by atoms with Crippen molar-refractivity contribution in [3.63, 3.8) is 0 Å². The van der Waals surface area contributed by atoms with E-state index in [2.05, 4.69) is 25.3 Å². The predicted octanol–water partition coefficient (Wildman–Crippen LogP) is 3.24. The summed E-state index contributed by atoms with van der Waals surface area (Å²) >= 11 is 0. The Morgan fingerprint density at radius 2 is 2.00 bits per heavy atom. The average Bonchev–Trinajstić information content (AvgIpc) is 3.23. The van der Waals surface area contributed by atoms with Crippen LogP contribution in [-0.4, -0.2) is 57.0 Å². The van der Waals surface area contributed by atoms with Crippen LogP contribution in [0.2, 0.25) is 0 Å². The van der Waals surface area contributed by atoms with E-state index in [0.29, 0.717) is 37.9 Å². The SMILES string of the molecule is O=C(c1cc2cc(Nc3nccc(-c4cccnc4)n3)ccc2[nH]1)N1CCOCC1. The standard InChI is InChI=1S/C22H20N6O2/c29-21(28-8-10-30-11-9-28)20-13-16-12-17(3-4-18(16)26-20)25-22-24-7-5-19(27-22)15-2-1-6-23-14-15/h1-7,12-14,26H,8-11H2,(H,24,25,27). The van der Waals surface area contributed by atoms with Gasteiger partial charge in [-0.25, -0.2) is 9.97 Å². The number of carbonyl (C=O) groups excluding carboxylic acids is 1. The van der Waals surface area contributed by atoms with Gasteiger partial charge in [-0.1, -0.05) is 0 Å². The number of aromatic nitrogens is 4. The highest BCUT2D eigenvalue weighted by Crippen LogP contribution is 2.24. The number of amides is 1. The van der Waals surface area contributed by atoms with Gasteiger partial charge >= 0.3 is 0 Å². The Kier molecular flexibility index (Phi) is 4.82. The summed E-state index contributed by atoms with van der Waals surface area (Å²) in [5, 5.41) is 4.18. The largest absolute Gasteiger partial charge is 0.378 e. The van der Waals surface area contributed by atoms with E-state index < -0.39 is 0 Å². The van der Waals surface area contributed by atoms with Gasteiger partial charge in [-0.15, -0.1) is 0 Å². The first-order valence-electron chi connectivity index (χ1n) is 9.76. The van der Waals surface area contributed by atoms with E-state index in [9.17, 15) is 4.79 Å². The number of pyridine rings is 1. The number of anilines is 2. The van der Waals surface area contributed by atoms with Crippen molar-refractivity contribution in [2.75, 3.05) is 31.6 Å². The van der Waals surface area contributed by atoms with E-state index in [4.69, 9.17) is 4.74 Å². The van der Waals surface area contributed by atoms with Crippen LogP contribution in [-0.2, 0) is 4.74 Å². The molecule has 1 fully saturated rings. The number of hydrogen-bond donors (Lipinski definition) is 2. The van der Waals surface area contributed by atoms with Crippen LogP contribution in [0.15, 0.2) is 61.1 Å². The minimum Gasteiger partial charge on any atom is -0.378 e. The first-order chi connectivity index (χ1) is 14.8. The van der Waals surface area contributed by atoms with Crippen molar-refractivity contribution in [1.82, 2.24) is 24.8 Å². The summed E-state index contributed by atoms with van der Waals surface area (Å²) in [7, 11) is 0. The molecule has 3 aromatic heterocycles. The summed E-state index contributed by atoms with van der Waals surface area (Å²) < 4.78 is 5.33. The van der Waals surface area contributed by atoms with Gasteiger partial charge in [0.2, 0.25) is 5.95 Å². The predicted molar refractivity (Wildman–Crippen MR) is 114 cm³/mol. The van der Waals surface area contributed by atoms with Gasteiger partial charge in [0.15, 0.2) is 0 Å².